The minimum atomic E-state index is -3.41. The van der Waals surface area contributed by atoms with Gasteiger partial charge in [0.05, 0.1) is 6.61 Å². The second-order valence-electron chi connectivity index (χ2n) is 7.45. The van der Waals surface area contributed by atoms with Crippen LogP contribution >= 0.6 is 0 Å². The molecule has 1 unspecified atom stereocenters. The number of hydrogen-bond donors (Lipinski definition) is 1. The highest BCUT2D eigenvalue weighted by Gasteiger charge is 2.37. The van der Waals surface area contributed by atoms with Gasteiger partial charge in [0, 0.05) is 32.3 Å². The number of piperidine rings is 1. The quantitative estimate of drug-likeness (QED) is 0.716. The maximum Gasteiger partial charge on any atom is 0.279 e. The number of ether oxygens (including phenoxy) is 1. The Balaban J connectivity index is 1.99. The van der Waals surface area contributed by atoms with E-state index in [2.05, 4.69) is 23.6 Å². The number of nitrogens with one attached hydrogen (secondary N) is 1. The first-order valence-corrected chi connectivity index (χ1v) is 10.8. The van der Waals surface area contributed by atoms with Gasteiger partial charge in [0.2, 0.25) is 0 Å². The average molecular weight is 362 g/mol. The number of nitrogens with zero attached hydrogens (tertiary/aromatic N) is 2. The van der Waals surface area contributed by atoms with Gasteiger partial charge in [-0.1, -0.05) is 26.2 Å². The van der Waals surface area contributed by atoms with Crippen molar-refractivity contribution < 1.29 is 13.2 Å². The number of methoxy groups -OCH3 is 1. The predicted molar refractivity (Wildman–Crippen MR) is 97.2 cm³/mol. The molecule has 1 saturated heterocycles. The largest absolute Gasteiger partial charge is 0.384 e. The zero-order valence-electron chi connectivity index (χ0n) is 15.6. The van der Waals surface area contributed by atoms with Crippen molar-refractivity contribution in [1.29, 1.82) is 0 Å². The Morgan fingerprint density at radius 1 is 1.25 bits per heavy atom. The Kier molecular flexibility index (Phi) is 7.49. The molecule has 0 aromatic carbocycles. The molecular weight excluding hydrogens is 326 g/mol. The van der Waals surface area contributed by atoms with Crippen LogP contribution in [0.4, 0.5) is 0 Å². The van der Waals surface area contributed by atoms with Crippen molar-refractivity contribution in [2.24, 2.45) is 5.92 Å². The van der Waals surface area contributed by atoms with Gasteiger partial charge in [0.25, 0.3) is 10.2 Å². The maximum absolute atomic E-state index is 12.8. The highest BCUT2D eigenvalue weighted by atomic mass is 32.2. The fourth-order valence-corrected chi connectivity index (χ4v) is 5.58. The smallest absolute Gasteiger partial charge is 0.279 e. The van der Waals surface area contributed by atoms with Gasteiger partial charge < -0.3 is 4.74 Å². The van der Waals surface area contributed by atoms with Crippen molar-refractivity contribution in [1.82, 2.24) is 13.9 Å². The van der Waals surface area contributed by atoms with Crippen LogP contribution in [0.2, 0.25) is 0 Å². The molecule has 0 radical (unpaired) electrons. The summed E-state index contributed by atoms with van der Waals surface area (Å²) in [7, 11) is 0.387. The lowest BCUT2D eigenvalue weighted by atomic mass is 9.80. The first-order chi connectivity index (χ1) is 11.4. The van der Waals surface area contributed by atoms with Crippen LogP contribution in [0.1, 0.15) is 51.9 Å². The molecule has 0 aromatic heterocycles. The Bertz CT molecular complexity index is 475. The summed E-state index contributed by atoms with van der Waals surface area (Å²) in [6.45, 7) is 5.43. The molecule has 2 fully saturated rings. The maximum atomic E-state index is 12.8. The molecule has 1 aliphatic heterocycles. The molecule has 0 bridgehead atoms. The van der Waals surface area contributed by atoms with E-state index in [4.69, 9.17) is 4.74 Å². The van der Waals surface area contributed by atoms with E-state index in [0.29, 0.717) is 32.2 Å². The lowest BCUT2D eigenvalue weighted by molar-refractivity contribution is 0.0832. The van der Waals surface area contributed by atoms with Crippen molar-refractivity contribution >= 4 is 10.2 Å². The van der Waals surface area contributed by atoms with E-state index in [0.717, 1.165) is 32.2 Å². The molecule has 0 spiro atoms. The standard InChI is InChI=1S/C17H35N3O3S/c1-4-19(2)17(10-6-5-7-11-17)15-18-24(21,22)20-12-8-9-16(13-20)14-23-3/h16,18H,4-15H2,1-3H3. The fourth-order valence-electron chi connectivity index (χ4n) is 4.17. The first-order valence-electron chi connectivity index (χ1n) is 9.38. The normalized spacial score (nSPS) is 25.9. The lowest BCUT2D eigenvalue weighted by Crippen LogP contribution is -2.57. The summed E-state index contributed by atoms with van der Waals surface area (Å²) in [5, 5.41) is 0. The monoisotopic (exact) mass is 361 g/mol. The second-order valence-corrected chi connectivity index (χ2v) is 9.20. The minimum absolute atomic E-state index is 0.0260. The van der Waals surface area contributed by atoms with Crippen molar-refractivity contribution in [2.75, 3.05) is 46.9 Å². The zero-order chi connectivity index (χ0) is 17.6. The summed E-state index contributed by atoms with van der Waals surface area (Å²) in [6, 6.07) is 0. The average Bonchev–Trinajstić information content (AvgIpc) is 2.61. The van der Waals surface area contributed by atoms with E-state index in [1.54, 1.807) is 11.4 Å². The summed E-state index contributed by atoms with van der Waals surface area (Å²) in [5.74, 6) is 0.308. The Hall–Kier alpha value is -0.210. The van der Waals surface area contributed by atoms with Crippen molar-refractivity contribution in [3.05, 3.63) is 0 Å². The van der Waals surface area contributed by atoms with Crippen LogP contribution in [0.5, 0.6) is 0 Å². The van der Waals surface area contributed by atoms with Gasteiger partial charge in [0.15, 0.2) is 0 Å². The number of hydrogen-bond acceptors (Lipinski definition) is 4. The van der Waals surface area contributed by atoms with E-state index in [1.807, 2.05) is 0 Å². The van der Waals surface area contributed by atoms with Crippen LogP contribution in [0.25, 0.3) is 0 Å². The van der Waals surface area contributed by atoms with Crippen LogP contribution in [-0.4, -0.2) is 70.1 Å². The SMILES string of the molecule is CCN(C)C1(CNS(=O)(=O)N2CCCC(COC)C2)CCCCC1. The molecule has 0 amide bonds. The van der Waals surface area contributed by atoms with E-state index in [1.165, 1.54) is 19.3 Å². The van der Waals surface area contributed by atoms with E-state index in [9.17, 15) is 8.42 Å². The van der Waals surface area contributed by atoms with Gasteiger partial charge in [-0.05, 0) is 45.2 Å². The van der Waals surface area contributed by atoms with E-state index < -0.39 is 10.2 Å². The van der Waals surface area contributed by atoms with Gasteiger partial charge in [-0.3, -0.25) is 4.90 Å². The van der Waals surface area contributed by atoms with Crippen LogP contribution in [0.3, 0.4) is 0 Å². The Morgan fingerprint density at radius 3 is 2.58 bits per heavy atom. The molecule has 1 N–H and O–H groups in total. The zero-order valence-corrected chi connectivity index (χ0v) is 16.4. The lowest BCUT2D eigenvalue weighted by Gasteiger charge is -2.45. The molecule has 24 heavy (non-hydrogen) atoms. The minimum Gasteiger partial charge on any atom is -0.384 e. The highest BCUT2D eigenvalue weighted by Crippen LogP contribution is 2.32. The van der Waals surface area contributed by atoms with E-state index in [-0.39, 0.29) is 5.54 Å². The van der Waals surface area contributed by atoms with Crippen LogP contribution < -0.4 is 4.72 Å². The molecule has 1 aliphatic carbocycles. The third-order valence-electron chi connectivity index (χ3n) is 5.88. The van der Waals surface area contributed by atoms with Gasteiger partial charge in [-0.15, -0.1) is 0 Å². The third kappa shape index (κ3) is 4.91. The van der Waals surface area contributed by atoms with Crippen LogP contribution in [0.15, 0.2) is 0 Å². The molecule has 6 nitrogen and oxygen atoms in total. The first kappa shape index (κ1) is 20.1. The molecule has 2 aliphatic rings. The summed E-state index contributed by atoms with van der Waals surface area (Å²) in [4.78, 5) is 2.33. The third-order valence-corrected chi connectivity index (χ3v) is 7.40. The summed E-state index contributed by atoms with van der Waals surface area (Å²) < 4.78 is 35.3. The predicted octanol–water partition coefficient (Wildman–Crippen LogP) is 1.83. The number of rotatable bonds is 8. The molecular formula is C17H35N3O3S. The van der Waals surface area contributed by atoms with Gasteiger partial charge in [-0.2, -0.15) is 12.7 Å². The van der Waals surface area contributed by atoms with Crippen LogP contribution in [-0.2, 0) is 14.9 Å². The van der Waals surface area contributed by atoms with Crippen molar-refractivity contribution in [3.8, 4) is 0 Å². The van der Waals surface area contributed by atoms with Gasteiger partial charge in [-0.25, -0.2) is 4.72 Å². The molecule has 2 rings (SSSR count). The molecule has 1 atom stereocenters. The molecule has 0 aromatic rings. The molecule has 1 saturated carbocycles. The Labute approximate surface area is 148 Å². The molecule has 1 heterocycles. The molecule has 142 valence electrons. The second kappa shape index (κ2) is 8.94. The van der Waals surface area contributed by atoms with Gasteiger partial charge in [0.1, 0.15) is 0 Å². The van der Waals surface area contributed by atoms with Crippen LogP contribution in [0, 0.1) is 5.92 Å². The van der Waals surface area contributed by atoms with E-state index >= 15 is 0 Å². The fraction of sp³-hybridized carbons (Fsp3) is 1.00. The summed E-state index contributed by atoms with van der Waals surface area (Å²) >= 11 is 0. The van der Waals surface area contributed by atoms with Gasteiger partial charge >= 0.3 is 0 Å². The summed E-state index contributed by atoms with van der Waals surface area (Å²) in [6.07, 6.45) is 7.74. The highest BCUT2D eigenvalue weighted by molar-refractivity contribution is 7.87. The Morgan fingerprint density at radius 2 is 1.96 bits per heavy atom. The summed E-state index contributed by atoms with van der Waals surface area (Å²) in [5.41, 5.74) is -0.0260. The van der Waals surface area contributed by atoms with Crippen molar-refractivity contribution in [3.63, 3.8) is 0 Å². The molecule has 7 heteroatoms. The number of likely N-dealkylation sites (N-methyl/N-ethyl adjacent to an activating group) is 1. The van der Waals surface area contributed by atoms with Crippen molar-refractivity contribution in [2.45, 2.75) is 57.4 Å². The topological polar surface area (TPSA) is 61.9 Å².